The molecule has 0 radical (unpaired) electrons. The summed E-state index contributed by atoms with van der Waals surface area (Å²) in [6, 6.07) is 12.3. The van der Waals surface area contributed by atoms with Crippen molar-refractivity contribution >= 4 is 28.5 Å². The fourth-order valence-corrected chi connectivity index (χ4v) is 2.68. The summed E-state index contributed by atoms with van der Waals surface area (Å²) in [7, 11) is 1.69. The third-order valence-electron chi connectivity index (χ3n) is 3.90. The van der Waals surface area contributed by atoms with E-state index in [-0.39, 0.29) is 0 Å². The van der Waals surface area contributed by atoms with Crippen molar-refractivity contribution < 1.29 is 24.5 Å². The number of benzene rings is 1. The molecule has 3 aromatic rings. The molecular formula is C21H23N3O5. The van der Waals surface area contributed by atoms with E-state index < -0.39 is 11.9 Å². The molecule has 0 fully saturated rings. The number of aliphatic carboxylic acids is 2. The van der Waals surface area contributed by atoms with Crippen molar-refractivity contribution in [3.63, 3.8) is 0 Å². The number of hydrogen-bond acceptors (Lipinski definition) is 5. The largest absolute Gasteiger partial charge is 0.497 e. The third kappa shape index (κ3) is 6.10. The summed E-state index contributed by atoms with van der Waals surface area (Å²) in [5.74, 6) is -1.63. The first-order valence-electron chi connectivity index (χ1n) is 8.93. The van der Waals surface area contributed by atoms with Crippen LogP contribution in [0.5, 0.6) is 5.75 Å². The van der Waals surface area contributed by atoms with Crippen molar-refractivity contribution in [3.05, 3.63) is 67.1 Å². The van der Waals surface area contributed by atoms with E-state index in [2.05, 4.69) is 46.0 Å². The SMILES string of the molecule is CCCN(c1ccncc1)n1ccc2cc(OC)ccc21.O=C(O)C=CC(=O)O. The molecule has 2 heterocycles. The van der Waals surface area contributed by atoms with Gasteiger partial charge in [-0.05, 0) is 42.8 Å². The lowest BCUT2D eigenvalue weighted by Crippen LogP contribution is -2.29. The molecule has 0 aliphatic rings. The average Bonchev–Trinajstić information content (AvgIpc) is 3.14. The molecule has 0 spiro atoms. The molecule has 0 aliphatic heterocycles. The number of pyridine rings is 1. The average molecular weight is 397 g/mol. The summed E-state index contributed by atoms with van der Waals surface area (Å²) in [4.78, 5) is 23.2. The number of fused-ring (bicyclic) bond motifs is 1. The van der Waals surface area contributed by atoms with Crippen LogP contribution in [-0.4, -0.2) is 45.5 Å². The number of hydrogen-bond donors (Lipinski definition) is 2. The van der Waals surface area contributed by atoms with Gasteiger partial charge in [-0.3, -0.25) is 14.7 Å². The summed E-state index contributed by atoms with van der Waals surface area (Å²) in [5, 5.41) is 19.1. The first kappa shape index (κ1) is 21.5. The van der Waals surface area contributed by atoms with E-state index in [9.17, 15) is 9.59 Å². The van der Waals surface area contributed by atoms with Gasteiger partial charge < -0.3 is 14.9 Å². The molecule has 2 aromatic heterocycles. The van der Waals surface area contributed by atoms with Crippen molar-refractivity contribution in [1.82, 2.24) is 9.66 Å². The van der Waals surface area contributed by atoms with Gasteiger partial charge >= 0.3 is 11.9 Å². The van der Waals surface area contributed by atoms with Crippen LogP contribution in [0.4, 0.5) is 5.69 Å². The predicted octanol–water partition coefficient (Wildman–Crippen LogP) is 3.44. The second kappa shape index (κ2) is 10.5. The quantitative estimate of drug-likeness (QED) is 0.589. The smallest absolute Gasteiger partial charge is 0.328 e. The fraction of sp³-hybridized carbons (Fsp3) is 0.190. The fourth-order valence-electron chi connectivity index (χ4n) is 2.68. The number of nitrogens with zero attached hydrogens (tertiary/aromatic N) is 3. The highest BCUT2D eigenvalue weighted by Gasteiger charge is 2.11. The summed E-state index contributed by atoms with van der Waals surface area (Å²) in [6.07, 6.45) is 7.93. The zero-order valence-corrected chi connectivity index (χ0v) is 16.2. The van der Waals surface area contributed by atoms with Gasteiger partial charge in [0.05, 0.1) is 18.3 Å². The first-order chi connectivity index (χ1) is 14.0. The van der Waals surface area contributed by atoms with Crippen LogP contribution in [0.25, 0.3) is 10.9 Å². The van der Waals surface area contributed by atoms with E-state index in [1.54, 1.807) is 7.11 Å². The monoisotopic (exact) mass is 397 g/mol. The molecule has 0 saturated carbocycles. The van der Waals surface area contributed by atoms with Crippen LogP contribution >= 0.6 is 0 Å². The maximum absolute atomic E-state index is 9.55. The molecular weight excluding hydrogens is 374 g/mol. The lowest BCUT2D eigenvalue weighted by atomic mass is 10.2. The summed E-state index contributed by atoms with van der Waals surface area (Å²) in [6.45, 7) is 3.13. The van der Waals surface area contributed by atoms with E-state index in [1.807, 2.05) is 30.6 Å². The molecule has 0 atom stereocenters. The van der Waals surface area contributed by atoms with Crippen LogP contribution in [0.1, 0.15) is 13.3 Å². The highest BCUT2D eigenvalue weighted by atomic mass is 16.5. The third-order valence-corrected chi connectivity index (χ3v) is 3.90. The minimum Gasteiger partial charge on any atom is -0.497 e. The Bertz CT molecular complexity index is 966. The Morgan fingerprint density at radius 2 is 1.76 bits per heavy atom. The number of anilines is 1. The Labute approximate surface area is 168 Å². The van der Waals surface area contributed by atoms with E-state index >= 15 is 0 Å². The number of ether oxygens (including phenoxy) is 1. The van der Waals surface area contributed by atoms with Crippen LogP contribution in [-0.2, 0) is 9.59 Å². The second-order valence-electron chi connectivity index (χ2n) is 5.92. The van der Waals surface area contributed by atoms with Gasteiger partial charge in [-0.2, -0.15) is 0 Å². The number of rotatable bonds is 7. The van der Waals surface area contributed by atoms with Gasteiger partial charge in [-0.25, -0.2) is 9.59 Å². The molecule has 8 nitrogen and oxygen atoms in total. The van der Waals surface area contributed by atoms with Crippen LogP contribution in [0.15, 0.2) is 67.1 Å². The number of carbonyl (C=O) groups is 2. The van der Waals surface area contributed by atoms with E-state index in [0.717, 1.165) is 24.4 Å². The molecule has 0 aliphatic carbocycles. The Kier molecular flexibility index (Phi) is 7.78. The first-order valence-corrected chi connectivity index (χ1v) is 8.93. The van der Waals surface area contributed by atoms with Crippen molar-refractivity contribution in [2.45, 2.75) is 13.3 Å². The number of methoxy groups -OCH3 is 1. The second-order valence-corrected chi connectivity index (χ2v) is 5.92. The molecule has 8 heteroatoms. The van der Waals surface area contributed by atoms with Gasteiger partial charge in [-0.15, -0.1) is 0 Å². The number of aromatic nitrogens is 2. The van der Waals surface area contributed by atoms with Gasteiger partial charge in [0.1, 0.15) is 5.75 Å². The van der Waals surface area contributed by atoms with Crippen LogP contribution < -0.4 is 9.75 Å². The van der Waals surface area contributed by atoms with E-state index in [1.165, 1.54) is 10.9 Å². The Morgan fingerprint density at radius 3 is 2.31 bits per heavy atom. The van der Waals surface area contributed by atoms with E-state index in [4.69, 9.17) is 14.9 Å². The van der Waals surface area contributed by atoms with E-state index in [0.29, 0.717) is 12.2 Å². The van der Waals surface area contributed by atoms with Gasteiger partial charge in [-0.1, -0.05) is 6.92 Å². The number of carboxylic acids is 2. The van der Waals surface area contributed by atoms with Crippen LogP contribution in [0, 0.1) is 0 Å². The Morgan fingerprint density at radius 1 is 1.10 bits per heavy atom. The summed E-state index contributed by atoms with van der Waals surface area (Å²) >= 11 is 0. The van der Waals surface area contributed by atoms with Crippen molar-refractivity contribution in [1.29, 1.82) is 0 Å². The summed E-state index contributed by atoms with van der Waals surface area (Å²) in [5.41, 5.74) is 2.31. The maximum atomic E-state index is 9.55. The van der Waals surface area contributed by atoms with Crippen molar-refractivity contribution in [3.8, 4) is 5.75 Å². The Balaban J connectivity index is 0.000000321. The molecule has 29 heavy (non-hydrogen) atoms. The number of carboxylic acid groups (broad SMARTS) is 2. The maximum Gasteiger partial charge on any atom is 0.328 e. The van der Waals surface area contributed by atoms with Gasteiger partial charge in [0, 0.05) is 42.7 Å². The Hall–Kier alpha value is -3.81. The molecule has 1 aromatic carbocycles. The standard InChI is InChI=1S/C17H19N3O.C4H4O4/c1-3-11-19(15-6-9-18-10-7-15)20-12-8-14-13-16(21-2)4-5-17(14)20;5-3(6)1-2-4(7)8/h4-10,12-13H,3,11H2,1-2H3;1-2H,(H,5,6)(H,7,8). The zero-order chi connectivity index (χ0) is 21.2. The lowest BCUT2D eigenvalue weighted by Gasteiger charge is -2.26. The molecule has 2 N–H and O–H groups in total. The van der Waals surface area contributed by atoms with Crippen molar-refractivity contribution in [2.24, 2.45) is 0 Å². The van der Waals surface area contributed by atoms with Gasteiger partial charge in [0.2, 0.25) is 0 Å². The van der Waals surface area contributed by atoms with Crippen molar-refractivity contribution in [2.75, 3.05) is 18.7 Å². The topological polar surface area (TPSA) is 105 Å². The molecule has 0 unspecified atom stereocenters. The molecule has 3 rings (SSSR count). The lowest BCUT2D eigenvalue weighted by molar-refractivity contribution is -0.134. The predicted molar refractivity (Wildman–Crippen MR) is 110 cm³/mol. The molecule has 0 bridgehead atoms. The van der Waals surface area contributed by atoms with Crippen LogP contribution in [0.3, 0.4) is 0 Å². The van der Waals surface area contributed by atoms with Crippen LogP contribution in [0.2, 0.25) is 0 Å². The highest BCUT2D eigenvalue weighted by molar-refractivity contribution is 5.89. The highest BCUT2D eigenvalue weighted by Crippen LogP contribution is 2.25. The van der Waals surface area contributed by atoms with Gasteiger partial charge in [0.15, 0.2) is 0 Å². The zero-order valence-electron chi connectivity index (χ0n) is 16.2. The van der Waals surface area contributed by atoms with Gasteiger partial charge in [0.25, 0.3) is 0 Å². The normalized spacial score (nSPS) is 10.4. The minimum atomic E-state index is -1.26. The molecule has 152 valence electrons. The molecule has 0 saturated heterocycles. The minimum absolute atomic E-state index is 0.558. The molecule has 0 amide bonds. The summed E-state index contributed by atoms with van der Waals surface area (Å²) < 4.78 is 7.48.